The SMILES string of the molecule is N#Cc1ccc2sc3cc(-c4cc(-c5ccccc5C#N)cc(-c5cccc6c5sc5ccccc56)c4)ccc3c2c1. The molecule has 0 unspecified atom stereocenters. The standard InChI is InChI=1S/C38H20N2S2/c39-21-23-12-15-36-34(16-23)32-14-13-24(20-37(32)41-36)26-17-27(29-7-2-1-6-25(29)22-40)19-28(18-26)30-9-5-10-33-31-8-3-4-11-35(31)42-38(30)33/h1-20H. The predicted octanol–water partition coefficient (Wildman–Crippen LogP) is 11.2. The maximum absolute atomic E-state index is 9.93. The van der Waals surface area contributed by atoms with Crippen LogP contribution in [-0.4, -0.2) is 0 Å². The highest BCUT2D eigenvalue weighted by molar-refractivity contribution is 7.26. The van der Waals surface area contributed by atoms with Gasteiger partial charge in [-0.25, -0.2) is 0 Å². The number of thiophene rings is 2. The first-order valence-corrected chi connectivity index (χ1v) is 15.3. The quantitative estimate of drug-likeness (QED) is 0.213. The van der Waals surface area contributed by atoms with Crippen molar-refractivity contribution in [3.63, 3.8) is 0 Å². The second kappa shape index (κ2) is 9.68. The van der Waals surface area contributed by atoms with Gasteiger partial charge in [0.25, 0.3) is 0 Å². The Labute approximate surface area is 250 Å². The van der Waals surface area contributed by atoms with Gasteiger partial charge in [-0.15, -0.1) is 22.7 Å². The molecule has 42 heavy (non-hydrogen) atoms. The zero-order chi connectivity index (χ0) is 28.2. The Hall–Kier alpha value is -5.26. The molecule has 4 heteroatoms. The van der Waals surface area contributed by atoms with E-state index in [2.05, 4.69) is 91.0 Å². The summed E-state index contributed by atoms with van der Waals surface area (Å²) in [6.45, 7) is 0. The van der Waals surface area contributed by atoms with Crippen molar-refractivity contribution in [2.45, 2.75) is 0 Å². The molecular formula is C38H20N2S2. The van der Waals surface area contributed by atoms with Gasteiger partial charge in [-0.2, -0.15) is 10.5 Å². The van der Waals surface area contributed by atoms with Gasteiger partial charge in [-0.1, -0.05) is 66.7 Å². The van der Waals surface area contributed by atoms with Crippen LogP contribution in [0.3, 0.4) is 0 Å². The van der Waals surface area contributed by atoms with E-state index in [0.717, 1.165) is 38.6 Å². The van der Waals surface area contributed by atoms with Crippen molar-refractivity contribution >= 4 is 63.0 Å². The lowest BCUT2D eigenvalue weighted by Crippen LogP contribution is -1.89. The van der Waals surface area contributed by atoms with E-state index in [1.807, 2.05) is 53.8 Å². The summed E-state index contributed by atoms with van der Waals surface area (Å²) >= 11 is 3.58. The molecule has 0 spiro atoms. The molecule has 2 nitrogen and oxygen atoms in total. The molecule has 0 aliphatic heterocycles. The second-order valence-corrected chi connectivity index (χ2v) is 12.5. The smallest absolute Gasteiger partial charge is 0.0998 e. The van der Waals surface area contributed by atoms with E-state index < -0.39 is 0 Å². The summed E-state index contributed by atoms with van der Waals surface area (Å²) in [6.07, 6.45) is 0. The molecule has 8 aromatic rings. The Kier molecular flexibility index (Phi) is 5.66. The normalized spacial score (nSPS) is 11.3. The van der Waals surface area contributed by atoms with Crippen LogP contribution in [0, 0.1) is 22.7 Å². The summed E-state index contributed by atoms with van der Waals surface area (Å²) in [4.78, 5) is 0. The number of hydrogen-bond acceptors (Lipinski definition) is 4. The zero-order valence-corrected chi connectivity index (χ0v) is 23.9. The maximum atomic E-state index is 9.93. The molecule has 0 amide bonds. The summed E-state index contributed by atoms with van der Waals surface area (Å²) in [7, 11) is 0. The zero-order valence-electron chi connectivity index (χ0n) is 22.3. The van der Waals surface area contributed by atoms with E-state index in [1.54, 1.807) is 11.3 Å². The van der Waals surface area contributed by atoms with Crippen molar-refractivity contribution in [3.8, 4) is 45.5 Å². The number of fused-ring (bicyclic) bond motifs is 6. The van der Waals surface area contributed by atoms with E-state index in [1.165, 1.54) is 35.1 Å². The number of nitrogens with zero attached hydrogens (tertiary/aromatic N) is 2. The number of nitriles is 2. The number of hydrogen-bond donors (Lipinski definition) is 0. The molecule has 0 saturated carbocycles. The second-order valence-electron chi connectivity index (χ2n) is 10.4. The third-order valence-electron chi connectivity index (χ3n) is 7.94. The van der Waals surface area contributed by atoms with Gasteiger partial charge in [0.1, 0.15) is 0 Å². The van der Waals surface area contributed by atoms with E-state index in [4.69, 9.17) is 0 Å². The number of rotatable bonds is 3. The predicted molar refractivity (Wildman–Crippen MR) is 178 cm³/mol. The molecule has 8 rings (SSSR count). The first-order valence-electron chi connectivity index (χ1n) is 13.6. The topological polar surface area (TPSA) is 47.6 Å². The lowest BCUT2D eigenvalue weighted by Gasteiger charge is -2.13. The van der Waals surface area contributed by atoms with Crippen LogP contribution in [0.5, 0.6) is 0 Å². The van der Waals surface area contributed by atoms with Crippen LogP contribution < -0.4 is 0 Å². The highest BCUT2D eigenvalue weighted by atomic mass is 32.1. The van der Waals surface area contributed by atoms with Crippen molar-refractivity contribution in [1.82, 2.24) is 0 Å². The van der Waals surface area contributed by atoms with Crippen LogP contribution in [0.4, 0.5) is 0 Å². The third kappa shape index (κ3) is 3.90. The van der Waals surface area contributed by atoms with Crippen LogP contribution in [-0.2, 0) is 0 Å². The summed E-state index contributed by atoms with van der Waals surface area (Å²) < 4.78 is 4.91. The van der Waals surface area contributed by atoms with Gasteiger partial charge in [-0.3, -0.25) is 0 Å². The van der Waals surface area contributed by atoms with Crippen LogP contribution in [0.1, 0.15) is 11.1 Å². The fraction of sp³-hybridized carbons (Fsp3) is 0. The van der Waals surface area contributed by atoms with Gasteiger partial charge < -0.3 is 0 Å². The van der Waals surface area contributed by atoms with Crippen molar-refractivity contribution < 1.29 is 0 Å². The Morgan fingerprint density at radius 1 is 0.429 bits per heavy atom. The molecule has 0 aliphatic carbocycles. The first kappa shape index (κ1) is 24.5. The van der Waals surface area contributed by atoms with Gasteiger partial charge in [-0.05, 0) is 88.0 Å². The average molecular weight is 569 g/mol. The fourth-order valence-electron chi connectivity index (χ4n) is 5.94. The van der Waals surface area contributed by atoms with Crippen LogP contribution >= 0.6 is 22.7 Å². The molecule has 2 heterocycles. The van der Waals surface area contributed by atoms with Crippen molar-refractivity contribution in [3.05, 3.63) is 132 Å². The third-order valence-corrected chi connectivity index (χ3v) is 10.3. The van der Waals surface area contributed by atoms with E-state index in [9.17, 15) is 10.5 Å². The summed E-state index contributed by atoms with van der Waals surface area (Å²) in [6, 6.07) is 46.8. The monoisotopic (exact) mass is 568 g/mol. The van der Waals surface area contributed by atoms with Gasteiger partial charge in [0, 0.05) is 40.3 Å². The molecule has 6 aromatic carbocycles. The molecule has 194 valence electrons. The molecule has 0 aliphatic rings. The summed E-state index contributed by atoms with van der Waals surface area (Å²) in [5.74, 6) is 0. The first-order chi connectivity index (χ1) is 20.7. The van der Waals surface area contributed by atoms with Crippen molar-refractivity contribution in [2.75, 3.05) is 0 Å². The lowest BCUT2D eigenvalue weighted by atomic mass is 9.91. The number of benzene rings is 6. The molecule has 0 radical (unpaired) electrons. The van der Waals surface area contributed by atoms with Gasteiger partial charge in [0.15, 0.2) is 0 Å². The van der Waals surface area contributed by atoms with E-state index in [-0.39, 0.29) is 0 Å². The molecule has 0 atom stereocenters. The summed E-state index contributed by atoms with van der Waals surface area (Å²) in [5.41, 5.74) is 7.83. The molecular weight excluding hydrogens is 549 g/mol. The minimum absolute atomic E-state index is 0.661. The molecule has 0 N–H and O–H groups in total. The van der Waals surface area contributed by atoms with E-state index >= 15 is 0 Å². The molecule has 2 aromatic heterocycles. The van der Waals surface area contributed by atoms with Crippen LogP contribution in [0.2, 0.25) is 0 Å². The van der Waals surface area contributed by atoms with Gasteiger partial charge in [0.2, 0.25) is 0 Å². The summed E-state index contributed by atoms with van der Waals surface area (Å²) in [5, 5.41) is 24.2. The Bertz CT molecular complexity index is 2450. The Balaban J connectivity index is 1.38. The fourth-order valence-corrected chi connectivity index (χ4v) is 8.30. The largest absolute Gasteiger partial charge is 0.192 e. The Morgan fingerprint density at radius 3 is 2.02 bits per heavy atom. The lowest BCUT2D eigenvalue weighted by molar-refractivity contribution is 1.48. The minimum Gasteiger partial charge on any atom is -0.192 e. The van der Waals surface area contributed by atoms with Crippen molar-refractivity contribution in [1.29, 1.82) is 10.5 Å². The van der Waals surface area contributed by atoms with Crippen LogP contribution in [0.15, 0.2) is 121 Å². The van der Waals surface area contributed by atoms with Gasteiger partial charge >= 0.3 is 0 Å². The maximum Gasteiger partial charge on any atom is 0.0998 e. The molecule has 0 saturated heterocycles. The molecule has 0 bridgehead atoms. The molecule has 0 fully saturated rings. The highest BCUT2D eigenvalue weighted by Gasteiger charge is 2.15. The van der Waals surface area contributed by atoms with E-state index in [0.29, 0.717) is 11.1 Å². The minimum atomic E-state index is 0.661. The highest BCUT2D eigenvalue weighted by Crippen LogP contribution is 2.43. The van der Waals surface area contributed by atoms with Gasteiger partial charge in [0.05, 0.1) is 23.3 Å². The average Bonchev–Trinajstić information content (AvgIpc) is 3.62. The van der Waals surface area contributed by atoms with Crippen LogP contribution in [0.25, 0.3) is 73.7 Å². The Morgan fingerprint density at radius 2 is 1.14 bits per heavy atom. The van der Waals surface area contributed by atoms with Crippen molar-refractivity contribution in [2.24, 2.45) is 0 Å².